The molecule has 0 saturated carbocycles. The highest BCUT2D eigenvalue weighted by atomic mass is 16.5. The van der Waals surface area contributed by atoms with Crippen molar-refractivity contribution in [2.45, 2.75) is 19.6 Å². The molecule has 0 fully saturated rings. The first-order valence-electron chi connectivity index (χ1n) is 9.32. The van der Waals surface area contributed by atoms with Crippen molar-refractivity contribution in [3.05, 3.63) is 101 Å². The van der Waals surface area contributed by atoms with Crippen LogP contribution in [0.3, 0.4) is 0 Å². The van der Waals surface area contributed by atoms with E-state index in [0.29, 0.717) is 6.61 Å². The lowest BCUT2D eigenvalue weighted by Gasteiger charge is -2.08. The van der Waals surface area contributed by atoms with Crippen LogP contribution in [0.1, 0.15) is 22.4 Å². The van der Waals surface area contributed by atoms with Crippen LogP contribution in [0.15, 0.2) is 78.9 Å². The zero-order valence-electron chi connectivity index (χ0n) is 15.5. The first-order chi connectivity index (χ1) is 13.3. The van der Waals surface area contributed by atoms with Crippen molar-refractivity contribution in [3.63, 3.8) is 0 Å². The van der Waals surface area contributed by atoms with Gasteiger partial charge in [-0.2, -0.15) is 0 Å². The molecule has 136 valence electrons. The van der Waals surface area contributed by atoms with Gasteiger partial charge in [-0.25, -0.2) is 0 Å². The summed E-state index contributed by atoms with van der Waals surface area (Å²) in [4.78, 5) is 3.55. The third-order valence-electron chi connectivity index (χ3n) is 4.81. The largest absolute Gasteiger partial charge is 0.489 e. The van der Waals surface area contributed by atoms with Gasteiger partial charge in [0.05, 0.1) is 0 Å². The van der Waals surface area contributed by atoms with E-state index < -0.39 is 0 Å². The van der Waals surface area contributed by atoms with Crippen molar-refractivity contribution in [2.24, 2.45) is 0 Å². The molecule has 27 heavy (non-hydrogen) atoms. The average Bonchev–Trinajstić information content (AvgIpc) is 3.06. The van der Waals surface area contributed by atoms with Crippen molar-refractivity contribution in [1.29, 1.82) is 0 Å². The lowest BCUT2D eigenvalue weighted by Crippen LogP contribution is -2.07. The monoisotopic (exact) mass is 356 g/mol. The predicted octanol–water partition coefficient (Wildman–Crippen LogP) is 5.06. The van der Waals surface area contributed by atoms with Gasteiger partial charge in [0, 0.05) is 23.1 Å². The van der Waals surface area contributed by atoms with Crippen molar-refractivity contribution in [2.75, 3.05) is 7.05 Å². The Bertz CT molecular complexity index is 1000. The van der Waals surface area contributed by atoms with Gasteiger partial charge in [-0.15, -0.1) is 0 Å². The van der Waals surface area contributed by atoms with Crippen LogP contribution in [0.4, 0.5) is 0 Å². The van der Waals surface area contributed by atoms with Crippen molar-refractivity contribution < 1.29 is 4.74 Å². The Morgan fingerprint density at radius 1 is 0.815 bits per heavy atom. The van der Waals surface area contributed by atoms with E-state index in [4.69, 9.17) is 4.74 Å². The van der Waals surface area contributed by atoms with Crippen molar-refractivity contribution in [1.82, 2.24) is 10.3 Å². The SMILES string of the molecule is CNCc1[nH]c2ccccc2c1Cc1ccc(OCc2ccccc2)cc1. The Morgan fingerprint density at radius 3 is 2.33 bits per heavy atom. The molecule has 0 unspecified atom stereocenters. The smallest absolute Gasteiger partial charge is 0.119 e. The summed E-state index contributed by atoms with van der Waals surface area (Å²) < 4.78 is 5.90. The zero-order chi connectivity index (χ0) is 18.5. The maximum atomic E-state index is 5.90. The topological polar surface area (TPSA) is 37.0 Å². The lowest BCUT2D eigenvalue weighted by atomic mass is 10.0. The minimum Gasteiger partial charge on any atom is -0.489 e. The first kappa shape index (κ1) is 17.4. The second-order valence-electron chi connectivity index (χ2n) is 6.75. The third kappa shape index (κ3) is 4.04. The Morgan fingerprint density at radius 2 is 1.56 bits per heavy atom. The fraction of sp³-hybridized carbons (Fsp3) is 0.167. The highest BCUT2D eigenvalue weighted by Gasteiger charge is 2.11. The number of hydrogen-bond donors (Lipinski definition) is 2. The number of aromatic nitrogens is 1. The molecule has 3 heteroatoms. The molecule has 0 aliphatic heterocycles. The highest BCUT2D eigenvalue weighted by molar-refractivity contribution is 5.85. The number of fused-ring (bicyclic) bond motifs is 1. The Hall–Kier alpha value is -3.04. The van der Waals surface area contributed by atoms with Gasteiger partial charge in [-0.3, -0.25) is 0 Å². The summed E-state index contributed by atoms with van der Waals surface area (Å²) >= 11 is 0. The van der Waals surface area contributed by atoms with E-state index in [1.807, 2.05) is 25.2 Å². The van der Waals surface area contributed by atoms with E-state index in [9.17, 15) is 0 Å². The van der Waals surface area contributed by atoms with E-state index >= 15 is 0 Å². The molecule has 1 heterocycles. The van der Waals surface area contributed by atoms with Gasteiger partial charge in [0.25, 0.3) is 0 Å². The van der Waals surface area contributed by atoms with Crippen LogP contribution in [0.5, 0.6) is 5.75 Å². The summed E-state index contributed by atoms with van der Waals surface area (Å²) in [7, 11) is 1.98. The summed E-state index contributed by atoms with van der Waals surface area (Å²) in [6.07, 6.45) is 0.903. The van der Waals surface area contributed by atoms with Crippen LogP contribution in [-0.4, -0.2) is 12.0 Å². The molecule has 4 rings (SSSR count). The number of aromatic amines is 1. The maximum Gasteiger partial charge on any atom is 0.119 e. The fourth-order valence-corrected chi connectivity index (χ4v) is 3.43. The van der Waals surface area contributed by atoms with E-state index in [2.05, 4.69) is 71.0 Å². The van der Waals surface area contributed by atoms with Crippen LogP contribution in [0, 0.1) is 0 Å². The van der Waals surface area contributed by atoms with E-state index in [1.54, 1.807) is 0 Å². The summed E-state index contributed by atoms with van der Waals surface area (Å²) in [5.41, 5.74) is 6.27. The highest BCUT2D eigenvalue weighted by Crippen LogP contribution is 2.26. The Kier molecular flexibility index (Phi) is 5.22. The van der Waals surface area contributed by atoms with Gasteiger partial charge in [0.2, 0.25) is 0 Å². The van der Waals surface area contributed by atoms with Crippen molar-refractivity contribution in [3.8, 4) is 5.75 Å². The number of rotatable bonds is 7. The van der Waals surface area contributed by atoms with Crippen LogP contribution >= 0.6 is 0 Å². The van der Waals surface area contributed by atoms with Gasteiger partial charge >= 0.3 is 0 Å². The van der Waals surface area contributed by atoms with Gasteiger partial charge in [0.15, 0.2) is 0 Å². The number of hydrogen-bond acceptors (Lipinski definition) is 2. The Labute approximate surface area is 160 Å². The third-order valence-corrected chi connectivity index (χ3v) is 4.81. The summed E-state index contributed by atoms with van der Waals surface area (Å²) in [6, 6.07) is 27.2. The van der Waals surface area contributed by atoms with Crippen LogP contribution < -0.4 is 10.1 Å². The zero-order valence-corrected chi connectivity index (χ0v) is 15.5. The molecule has 0 amide bonds. The fourth-order valence-electron chi connectivity index (χ4n) is 3.43. The second kappa shape index (κ2) is 8.11. The van der Waals surface area contributed by atoms with Crippen LogP contribution in [-0.2, 0) is 19.6 Å². The predicted molar refractivity (Wildman–Crippen MR) is 111 cm³/mol. The summed E-state index contributed by atoms with van der Waals surface area (Å²) in [5.74, 6) is 0.900. The molecule has 4 aromatic rings. The molecular formula is C24H24N2O. The van der Waals surface area contributed by atoms with Crippen LogP contribution in [0.25, 0.3) is 10.9 Å². The number of para-hydroxylation sites is 1. The Balaban J connectivity index is 1.50. The molecular weight excluding hydrogens is 332 g/mol. The van der Waals surface area contributed by atoms with E-state index in [0.717, 1.165) is 18.7 Å². The molecule has 3 nitrogen and oxygen atoms in total. The normalized spacial score (nSPS) is 11.0. The molecule has 0 radical (unpaired) electrons. The number of H-pyrrole nitrogens is 1. The van der Waals surface area contributed by atoms with Crippen LogP contribution in [0.2, 0.25) is 0 Å². The summed E-state index contributed by atoms with van der Waals surface area (Å²) in [6.45, 7) is 1.43. The molecule has 0 aliphatic rings. The number of benzene rings is 3. The number of nitrogens with one attached hydrogen (secondary N) is 2. The van der Waals surface area contributed by atoms with Crippen molar-refractivity contribution >= 4 is 10.9 Å². The molecule has 2 N–H and O–H groups in total. The van der Waals surface area contributed by atoms with E-state index in [-0.39, 0.29) is 0 Å². The molecule has 1 aromatic heterocycles. The minimum atomic E-state index is 0.592. The molecule has 0 aliphatic carbocycles. The van der Waals surface area contributed by atoms with Gasteiger partial charge in [0.1, 0.15) is 12.4 Å². The minimum absolute atomic E-state index is 0.592. The standard InChI is InChI=1S/C24H24N2O/c1-25-16-24-22(21-9-5-6-10-23(21)26-24)15-18-11-13-20(14-12-18)27-17-19-7-3-2-4-8-19/h2-14,25-26H,15-17H2,1H3. The lowest BCUT2D eigenvalue weighted by molar-refractivity contribution is 0.306. The summed E-state index contributed by atoms with van der Waals surface area (Å²) in [5, 5.41) is 4.56. The molecule has 0 atom stereocenters. The average molecular weight is 356 g/mol. The number of ether oxygens (including phenoxy) is 1. The molecule has 0 saturated heterocycles. The maximum absolute atomic E-state index is 5.90. The molecule has 0 bridgehead atoms. The molecule has 3 aromatic carbocycles. The van der Waals surface area contributed by atoms with Gasteiger partial charge in [-0.05, 0) is 48.4 Å². The first-order valence-corrected chi connectivity index (χ1v) is 9.32. The second-order valence-corrected chi connectivity index (χ2v) is 6.75. The van der Waals surface area contributed by atoms with E-state index in [1.165, 1.54) is 33.3 Å². The van der Waals surface area contributed by atoms with Gasteiger partial charge < -0.3 is 15.0 Å². The van der Waals surface area contributed by atoms with Gasteiger partial charge in [-0.1, -0.05) is 60.7 Å². The molecule has 0 spiro atoms. The quantitative estimate of drug-likeness (QED) is 0.486.